The maximum atomic E-state index is 10.8. The van der Waals surface area contributed by atoms with Crippen LogP contribution in [0, 0.1) is 5.92 Å². The van der Waals surface area contributed by atoms with Gasteiger partial charge in [0.05, 0.1) is 0 Å². The molecule has 0 aromatic rings. The van der Waals surface area contributed by atoms with E-state index in [1.807, 2.05) is 0 Å². The van der Waals surface area contributed by atoms with Crippen molar-refractivity contribution in [2.24, 2.45) is 5.92 Å². The van der Waals surface area contributed by atoms with E-state index in [0.29, 0.717) is 5.78 Å². The lowest BCUT2D eigenvalue weighted by molar-refractivity contribution is -0.117. The van der Waals surface area contributed by atoms with Crippen molar-refractivity contribution >= 4 is 5.78 Å². The SMILES string of the molecule is CCCCCCCC(C)CCCCCCCCCCC(C)=O. The molecule has 0 N–H and O–H groups in total. The number of carbonyl (C=O) groups is 1. The first kappa shape index (κ1) is 21.7. The minimum Gasteiger partial charge on any atom is -0.300 e. The zero-order valence-corrected chi connectivity index (χ0v) is 15.8. The van der Waals surface area contributed by atoms with Gasteiger partial charge in [0.15, 0.2) is 0 Å². The normalized spacial score (nSPS) is 12.5. The molecule has 0 aliphatic carbocycles. The molecule has 0 bridgehead atoms. The number of unbranched alkanes of at least 4 members (excludes halogenated alkanes) is 11. The number of rotatable bonds is 17. The van der Waals surface area contributed by atoms with Crippen molar-refractivity contribution in [1.29, 1.82) is 0 Å². The highest BCUT2D eigenvalue weighted by Crippen LogP contribution is 2.18. The second-order valence-electron chi connectivity index (χ2n) is 7.38. The van der Waals surface area contributed by atoms with Gasteiger partial charge in [0, 0.05) is 6.42 Å². The Hall–Kier alpha value is -0.330. The Labute approximate surface area is 140 Å². The summed E-state index contributed by atoms with van der Waals surface area (Å²) in [5.74, 6) is 1.28. The summed E-state index contributed by atoms with van der Waals surface area (Å²) >= 11 is 0. The molecule has 0 saturated carbocycles. The summed E-state index contributed by atoms with van der Waals surface area (Å²) in [5.41, 5.74) is 0. The molecule has 0 spiro atoms. The molecule has 0 radical (unpaired) electrons. The zero-order chi connectivity index (χ0) is 16.5. The fourth-order valence-corrected chi connectivity index (χ4v) is 3.17. The Kier molecular flexibility index (Phi) is 16.8. The lowest BCUT2D eigenvalue weighted by Gasteiger charge is -2.11. The van der Waals surface area contributed by atoms with E-state index >= 15 is 0 Å². The average molecular weight is 311 g/mol. The predicted octanol–water partition coefficient (Wildman–Crippen LogP) is 7.47. The van der Waals surface area contributed by atoms with Crippen LogP contribution in [0.15, 0.2) is 0 Å². The van der Waals surface area contributed by atoms with Gasteiger partial charge in [0.2, 0.25) is 0 Å². The van der Waals surface area contributed by atoms with Crippen LogP contribution >= 0.6 is 0 Å². The second kappa shape index (κ2) is 17.0. The van der Waals surface area contributed by atoms with Gasteiger partial charge in [-0.15, -0.1) is 0 Å². The summed E-state index contributed by atoms with van der Waals surface area (Å²) < 4.78 is 0. The molecule has 0 aliphatic heterocycles. The summed E-state index contributed by atoms with van der Waals surface area (Å²) in [7, 11) is 0. The van der Waals surface area contributed by atoms with Crippen molar-refractivity contribution in [2.45, 2.75) is 124 Å². The molecule has 1 unspecified atom stereocenters. The van der Waals surface area contributed by atoms with Crippen LogP contribution < -0.4 is 0 Å². The number of ketones is 1. The van der Waals surface area contributed by atoms with Crippen LogP contribution in [0.5, 0.6) is 0 Å². The lowest BCUT2D eigenvalue weighted by Crippen LogP contribution is -1.95. The maximum absolute atomic E-state index is 10.8. The van der Waals surface area contributed by atoms with Gasteiger partial charge in [0.1, 0.15) is 5.78 Å². The van der Waals surface area contributed by atoms with Gasteiger partial charge in [-0.1, -0.05) is 104 Å². The molecule has 132 valence electrons. The zero-order valence-electron chi connectivity index (χ0n) is 15.8. The van der Waals surface area contributed by atoms with Crippen molar-refractivity contribution in [3.05, 3.63) is 0 Å². The molecule has 0 heterocycles. The highest BCUT2D eigenvalue weighted by atomic mass is 16.1. The first-order valence-electron chi connectivity index (χ1n) is 10.2. The molecule has 1 atom stereocenters. The third kappa shape index (κ3) is 17.7. The van der Waals surface area contributed by atoms with Crippen molar-refractivity contribution < 1.29 is 4.79 Å². The molecule has 1 nitrogen and oxygen atoms in total. The van der Waals surface area contributed by atoms with E-state index in [0.717, 1.165) is 18.8 Å². The highest BCUT2D eigenvalue weighted by Gasteiger charge is 2.02. The molecule has 0 aromatic carbocycles. The first-order valence-corrected chi connectivity index (χ1v) is 10.2. The topological polar surface area (TPSA) is 17.1 Å². The Morgan fingerprint density at radius 2 is 1.09 bits per heavy atom. The largest absolute Gasteiger partial charge is 0.300 e. The van der Waals surface area contributed by atoms with Gasteiger partial charge in [-0.25, -0.2) is 0 Å². The van der Waals surface area contributed by atoms with E-state index in [-0.39, 0.29) is 0 Å². The number of hydrogen-bond acceptors (Lipinski definition) is 1. The van der Waals surface area contributed by atoms with Gasteiger partial charge in [-0.2, -0.15) is 0 Å². The Morgan fingerprint density at radius 1 is 0.682 bits per heavy atom. The molecule has 0 aromatic heterocycles. The van der Waals surface area contributed by atoms with Crippen LogP contribution in [0.1, 0.15) is 124 Å². The first-order chi connectivity index (χ1) is 10.7. The quantitative estimate of drug-likeness (QED) is 0.255. The molecule has 22 heavy (non-hydrogen) atoms. The van der Waals surface area contributed by atoms with Gasteiger partial charge in [-0.3, -0.25) is 0 Å². The standard InChI is InChI=1S/C21H42O/c1-4-5-6-11-14-17-20(2)18-15-12-9-7-8-10-13-16-19-21(3)22/h20H,4-19H2,1-3H3. The number of carbonyl (C=O) groups excluding carboxylic acids is 1. The maximum Gasteiger partial charge on any atom is 0.129 e. The van der Waals surface area contributed by atoms with E-state index < -0.39 is 0 Å². The monoisotopic (exact) mass is 310 g/mol. The van der Waals surface area contributed by atoms with Crippen LogP contribution in [0.4, 0.5) is 0 Å². The molecule has 1 heteroatoms. The van der Waals surface area contributed by atoms with Gasteiger partial charge in [0.25, 0.3) is 0 Å². The van der Waals surface area contributed by atoms with Crippen LogP contribution in [0.25, 0.3) is 0 Å². The predicted molar refractivity (Wildman–Crippen MR) is 99.4 cm³/mol. The summed E-state index contributed by atoms with van der Waals surface area (Å²) in [6, 6.07) is 0. The minimum absolute atomic E-state index is 0.347. The fourth-order valence-electron chi connectivity index (χ4n) is 3.17. The smallest absolute Gasteiger partial charge is 0.129 e. The van der Waals surface area contributed by atoms with Gasteiger partial charge >= 0.3 is 0 Å². The molecule has 0 rings (SSSR count). The van der Waals surface area contributed by atoms with E-state index in [9.17, 15) is 4.79 Å². The van der Waals surface area contributed by atoms with E-state index in [1.54, 1.807) is 6.92 Å². The molecule has 0 saturated heterocycles. The third-order valence-electron chi connectivity index (χ3n) is 4.78. The van der Waals surface area contributed by atoms with Gasteiger partial charge in [-0.05, 0) is 19.3 Å². The summed E-state index contributed by atoms with van der Waals surface area (Å²) in [5, 5.41) is 0. The molecular formula is C21H42O. The van der Waals surface area contributed by atoms with E-state index in [4.69, 9.17) is 0 Å². The fraction of sp³-hybridized carbons (Fsp3) is 0.952. The van der Waals surface area contributed by atoms with Crippen molar-refractivity contribution in [3.63, 3.8) is 0 Å². The second-order valence-corrected chi connectivity index (χ2v) is 7.38. The summed E-state index contributed by atoms with van der Waals surface area (Å²) in [4.78, 5) is 10.8. The van der Waals surface area contributed by atoms with Crippen LogP contribution in [-0.2, 0) is 4.79 Å². The van der Waals surface area contributed by atoms with Crippen LogP contribution in [0.2, 0.25) is 0 Å². The average Bonchev–Trinajstić information content (AvgIpc) is 2.48. The minimum atomic E-state index is 0.347. The van der Waals surface area contributed by atoms with E-state index in [1.165, 1.54) is 89.9 Å². The molecule has 0 aliphatic rings. The number of Topliss-reactive ketones (excluding diaryl/α,β-unsaturated/α-hetero) is 1. The molecule has 0 amide bonds. The summed E-state index contributed by atoms with van der Waals surface area (Å²) in [6.07, 6.45) is 21.5. The Balaban J connectivity index is 3.13. The van der Waals surface area contributed by atoms with Crippen LogP contribution in [-0.4, -0.2) is 5.78 Å². The third-order valence-corrected chi connectivity index (χ3v) is 4.78. The Bertz CT molecular complexity index is 234. The van der Waals surface area contributed by atoms with Crippen LogP contribution in [0.3, 0.4) is 0 Å². The molecule has 0 fully saturated rings. The van der Waals surface area contributed by atoms with Gasteiger partial charge < -0.3 is 4.79 Å². The van der Waals surface area contributed by atoms with Crippen molar-refractivity contribution in [2.75, 3.05) is 0 Å². The molecular weight excluding hydrogens is 268 g/mol. The van der Waals surface area contributed by atoms with Crippen molar-refractivity contribution in [3.8, 4) is 0 Å². The Morgan fingerprint density at radius 3 is 1.55 bits per heavy atom. The number of hydrogen-bond donors (Lipinski definition) is 0. The van der Waals surface area contributed by atoms with E-state index in [2.05, 4.69) is 13.8 Å². The highest BCUT2D eigenvalue weighted by molar-refractivity contribution is 5.75. The summed E-state index contributed by atoms with van der Waals surface area (Å²) in [6.45, 7) is 6.43. The van der Waals surface area contributed by atoms with Crippen molar-refractivity contribution in [1.82, 2.24) is 0 Å². The lowest BCUT2D eigenvalue weighted by atomic mass is 9.96.